The molecular formula is C9H10OS2. The van der Waals surface area contributed by atoms with E-state index in [-0.39, 0.29) is 6.61 Å². The van der Waals surface area contributed by atoms with Crippen LogP contribution in [0, 0.1) is 11.8 Å². The molecule has 1 heterocycles. The summed E-state index contributed by atoms with van der Waals surface area (Å²) in [6.07, 6.45) is 2.07. The number of aliphatic hydroxyl groups is 1. The van der Waals surface area contributed by atoms with Crippen LogP contribution in [0.1, 0.15) is 10.4 Å². The molecule has 0 fully saturated rings. The first-order valence-corrected chi connectivity index (χ1v) is 5.81. The smallest absolute Gasteiger partial charge is 0.104 e. The van der Waals surface area contributed by atoms with Gasteiger partial charge in [-0.2, -0.15) is 11.8 Å². The van der Waals surface area contributed by atoms with Crippen LogP contribution in [0.5, 0.6) is 0 Å². The summed E-state index contributed by atoms with van der Waals surface area (Å²) in [7, 11) is 0. The van der Waals surface area contributed by atoms with Gasteiger partial charge < -0.3 is 5.11 Å². The zero-order valence-corrected chi connectivity index (χ0v) is 8.47. The molecule has 0 unspecified atom stereocenters. The lowest BCUT2D eigenvalue weighted by Gasteiger charge is -1.92. The number of thiophene rings is 1. The molecule has 64 valence electrons. The van der Waals surface area contributed by atoms with Crippen LogP contribution in [0.2, 0.25) is 0 Å². The predicted molar refractivity (Wildman–Crippen MR) is 55.5 cm³/mol. The molecule has 0 saturated heterocycles. The standard InChI is InChI=1S/C9H10OS2/c1-11-7-9-8(3-2-5-10)4-6-12-9/h4,6,10H,5,7H2,1H3. The summed E-state index contributed by atoms with van der Waals surface area (Å²) < 4.78 is 0. The first-order chi connectivity index (χ1) is 5.88. The first-order valence-electron chi connectivity index (χ1n) is 3.53. The van der Waals surface area contributed by atoms with E-state index in [2.05, 4.69) is 18.1 Å². The van der Waals surface area contributed by atoms with E-state index in [1.165, 1.54) is 4.88 Å². The second-order valence-electron chi connectivity index (χ2n) is 2.15. The van der Waals surface area contributed by atoms with Crippen LogP contribution in [0.4, 0.5) is 0 Å². The van der Waals surface area contributed by atoms with Gasteiger partial charge in [0, 0.05) is 16.2 Å². The summed E-state index contributed by atoms with van der Waals surface area (Å²) in [6.45, 7) is -0.0610. The average molecular weight is 198 g/mol. The van der Waals surface area contributed by atoms with Crippen LogP contribution >= 0.6 is 23.1 Å². The van der Waals surface area contributed by atoms with E-state index < -0.39 is 0 Å². The second-order valence-corrected chi connectivity index (χ2v) is 4.02. The largest absolute Gasteiger partial charge is 0.384 e. The van der Waals surface area contributed by atoms with Crippen molar-refractivity contribution in [2.24, 2.45) is 0 Å². The van der Waals surface area contributed by atoms with Gasteiger partial charge in [-0.1, -0.05) is 11.8 Å². The van der Waals surface area contributed by atoms with Crippen molar-refractivity contribution >= 4 is 23.1 Å². The quantitative estimate of drug-likeness (QED) is 0.733. The highest BCUT2D eigenvalue weighted by atomic mass is 32.2. The van der Waals surface area contributed by atoms with Crippen LogP contribution in [-0.2, 0) is 5.75 Å². The molecule has 0 aromatic carbocycles. The Morgan fingerprint density at radius 1 is 1.67 bits per heavy atom. The van der Waals surface area contributed by atoms with E-state index in [1.54, 1.807) is 23.1 Å². The van der Waals surface area contributed by atoms with Gasteiger partial charge in [-0.3, -0.25) is 0 Å². The van der Waals surface area contributed by atoms with Gasteiger partial charge >= 0.3 is 0 Å². The monoisotopic (exact) mass is 198 g/mol. The van der Waals surface area contributed by atoms with E-state index in [4.69, 9.17) is 5.11 Å². The Labute approximate surface area is 80.8 Å². The van der Waals surface area contributed by atoms with E-state index >= 15 is 0 Å². The van der Waals surface area contributed by atoms with Gasteiger partial charge in [0.1, 0.15) is 6.61 Å². The third-order valence-electron chi connectivity index (χ3n) is 1.32. The molecule has 1 aromatic rings. The molecule has 0 radical (unpaired) electrons. The lowest BCUT2D eigenvalue weighted by Crippen LogP contribution is -1.79. The van der Waals surface area contributed by atoms with E-state index in [1.807, 2.05) is 11.4 Å². The molecular weight excluding hydrogens is 188 g/mol. The third-order valence-corrected chi connectivity index (χ3v) is 3.00. The first kappa shape index (κ1) is 9.66. The Bertz CT molecular complexity index is 293. The molecule has 0 aliphatic heterocycles. The van der Waals surface area contributed by atoms with Crippen molar-refractivity contribution in [2.75, 3.05) is 12.9 Å². The minimum atomic E-state index is -0.0610. The highest BCUT2D eigenvalue weighted by Gasteiger charge is 1.99. The van der Waals surface area contributed by atoms with E-state index in [0.29, 0.717) is 0 Å². The predicted octanol–water partition coefficient (Wildman–Crippen LogP) is 1.95. The van der Waals surface area contributed by atoms with Crippen LogP contribution in [0.15, 0.2) is 11.4 Å². The molecule has 0 aliphatic carbocycles. The van der Waals surface area contributed by atoms with Crippen molar-refractivity contribution in [3.8, 4) is 11.8 Å². The van der Waals surface area contributed by atoms with Crippen LogP contribution in [0.25, 0.3) is 0 Å². The van der Waals surface area contributed by atoms with Crippen molar-refractivity contribution in [2.45, 2.75) is 5.75 Å². The summed E-state index contributed by atoms with van der Waals surface area (Å²) in [5.41, 5.74) is 1.06. The van der Waals surface area contributed by atoms with E-state index in [9.17, 15) is 0 Å². The third kappa shape index (κ3) is 2.56. The normalized spacial score (nSPS) is 9.17. The molecule has 0 bridgehead atoms. The Kier molecular flexibility index (Phi) is 4.23. The minimum Gasteiger partial charge on any atom is -0.384 e. The lowest BCUT2D eigenvalue weighted by atomic mass is 10.3. The summed E-state index contributed by atoms with van der Waals surface area (Å²) in [6, 6.07) is 2.00. The molecule has 1 nitrogen and oxygen atoms in total. The van der Waals surface area contributed by atoms with Crippen molar-refractivity contribution in [1.82, 2.24) is 0 Å². The Morgan fingerprint density at radius 3 is 3.17 bits per heavy atom. The number of hydrogen-bond donors (Lipinski definition) is 1. The molecule has 3 heteroatoms. The van der Waals surface area contributed by atoms with Crippen molar-refractivity contribution in [1.29, 1.82) is 0 Å². The van der Waals surface area contributed by atoms with Crippen LogP contribution in [0.3, 0.4) is 0 Å². The zero-order chi connectivity index (χ0) is 8.81. The highest BCUT2D eigenvalue weighted by Crippen LogP contribution is 2.20. The fraction of sp³-hybridized carbons (Fsp3) is 0.333. The van der Waals surface area contributed by atoms with Gasteiger partial charge in [0.2, 0.25) is 0 Å². The maximum Gasteiger partial charge on any atom is 0.104 e. The van der Waals surface area contributed by atoms with Gasteiger partial charge in [0.05, 0.1) is 0 Å². The molecule has 1 rings (SSSR count). The number of hydrogen-bond acceptors (Lipinski definition) is 3. The summed E-state index contributed by atoms with van der Waals surface area (Å²) in [5.74, 6) is 6.58. The maximum atomic E-state index is 8.51. The Morgan fingerprint density at radius 2 is 2.50 bits per heavy atom. The van der Waals surface area contributed by atoms with Crippen molar-refractivity contribution in [3.63, 3.8) is 0 Å². The SMILES string of the molecule is CSCc1sccc1C#CCO. The molecule has 1 aromatic heterocycles. The summed E-state index contributed by atoms with van der Waals surface area (Å²) >= 11 is 3.51. The Hall–Kier alpha value is -0.430. The Balaban J connectivity index is 2.76. The van der Waals surface area contributed by atoms with Crippen molar-refractivity contribution < 1.29 is 5.11 Å². The molecule has 0 aliphatic rings. The minimum absolute atomic E-state index is 0.0610. The molecule has 12 heavy (non-hydrogen) atoms. The maximum absolute atomic E-state index is 8.51. The van der Waals surface area contributed by atoms with Gasteiger partial charge in [-0.15, -0.1) is 11.3 Å². The van der Waals surface area contributed by atoms with Gasteiger partial charge in [0.25, 0.3) is 0 Å². The topological polar surface area (TPSA) is 20.2 Å². The zero-order valence-electron chi connectivity index (χ0n) is 6.83. The van der Waals surface area contributed by atoms with Crippen LogP contribution in [-0.4, -0.2) is 18.0 Å². The molecule has 1 N–H and O–H groups in total. The number of thioether (sulfide) groups is 1. The van der Waals surface area contributed by atoms with Crippen molar-refractivity contribution in [3.05, 3.63) is 21.9 Å². The second kappa shape index (κ2) is 5.26. The molecule has 0 atom stereocenters. The van der Waals surface area contributed by atoms with E-state index in [0.717, 1.165) is 11.3 Å². The fourth-order valence-corrected chi connectivity index (χ4v) is 2.49. The van der Waals surface area contributed by atoms with Gasteiger partial charge in [0.15, 0.2) is 0 Å². The molecule has 0 saturated carbocycles. The van der Waals surface area contributed by atoms with Gasteiger partial charge in [-0.05, 0) is 17.7 Å². The summed E-state index contributed by atoms with van der Waals surface area (Å²) in [5, 5.41) is 10.5. The number of rotatable bonds is 2. The summed E-state index contributed by atoms with van der Waals surface area (Å²) in [4.78, 5) is 1.29. The average Bonchev–Trinajstić information content (AvgIpc) is 2.50. The van der Waals surface area contributed by atoms with Gasteiger partial charge in [-0.25, -0.2) is 0 Å². The van der Waals surface area contributed by atoms with Crippen LogP contribution < -0.4 is 0 Å². The molecule has 0 amide bonds. The fourth-order valence-electron chi connectivity index (χ4n) is 0.830. The lowest BCUT2D eigenvalue weighted by molar-refractivity contribution is 0.350. The number of aliphatic hydroxyl groups excluding tert-OH is 1. The highest BCUT2D eigenvalue weighted by molar-refractivity contribution is 7.97. The molecule has 0 spiro atoms.